The third kappa shape index (κ3) is 26.3. The van der Waals surface area contributed by atoms with Crippen LogP contribution in [0.3, 0.4) is 0 Å². The van der Waals surface area contributed by atoms with Crippen molar-refractivity contribution < 1.29 is 13.0 Å². The van der Waals surface area contributed by atoms with Crippen LogP contribution in [0, 0.1) is 0 Å². The third-order valence-corrected chi connectivity index (χ3v) is 4.56. The van der Waals surface area contributed by atoms with Crippen molar-refractivity contribution in [2.24, 2.45) is 0 Å². The first kappa shape index (κ1) is 28.3. The van der Waals surface area contributed by atoms with Crippen molar-refractivity contribution in [1.29, 1.82) is 0 Å². The topological polar surface area (TPSA) is 54.4 Å². The van der Waals surface area contributed by atoms with Crippen LogP contribution in [0.15, 0.2) is 0 Å². The zero-order chi connectivity index (χ0) is 15.1. The summed E-state index contributed by atoms with van der Waals surface area (Å²) in [5, 5.41) is 0. The minimum absolute atomic E-state index is 0. The molecule has 1 N–H and O–H groups in total. The van der Waals surface area contributed by atoms with Gasteiger partial charge in [-0.05, 0) is 6.42 Å². The molecule has 0 aromatic rings. The van der Waals surface area contributed by atoms with E-state index in [1.165, 1.54) is 70.6 Å². The zero-order valence-electron chi connectivity index (χ0n) is 13.3. The van der Waals surface area contributed by atoms with Gasteiger partial charge in [-0.2, -0.15) is 8.42 Å². The van der Waals surface area contributed by atoms with Crippen molar-refractivity contribution in [3.63, 3.8) is 0 Å². The van der Waals surface area contributed by atoms with E-state index >= 15 is 0 Å². The van der Waals surface area contributed by atoms with Gasteiger partial charge in [-0.15, -0.1) is 0 Å². The molecule has 3 nitrogen and oxygen atoms in total. The van der Waals surface area contributed by atoms with Crippen molar-refractivity contribution >= 4 is 57.0 Å². The second kappa shape index (κ2) is 20.5. The minimum atomic E-state index is -3.74. The molecular formula is C16H38AlNaO3S. The molecule has 0 aliphatic heterocycles. The maximum absolute atomic E-state index is 10.5. The Labute approximate surface area is 171 Å². The molecule has 0 aliphatic rings. The van der Waals surface area contributed by atoms with E-state index in [4.69, 9.17) is 4.55 Å². The summed E-state index contributed by atoms with van der Waals surface area (Å²) in [4.78, 5) is 0. The van der Waals surface area contributed by atoms with Gasteiger partial charge in [-0.25, -0.2) is 0 Å². The first-order valence-corrected chi connectivity index (χ1v) is 10.1. The normalized spacial score (nSPS) is 10.8. The van der Waals surface area contributed by atoms with Crippen molar-refractivity contribution in [3.05, 3.63) is 0 Å². The zero-order valence-corrected chi connectivity index (χ0v) is 14.1. The van der Waals surface area contributed by atoms with Gasteiger partial charge in [0.25, 0.3) is 10.1 Å². The monoisotopic (exact) mass is 360 g/mol. The molecule has 0 bridgehead atoms. The summed E-state index contributed by atoms with van der Waals surface area (Å²) in [6, 6.07) is 0. The SMILES string of the molecule is CCCCCCCCCCCCCCCCS(=O)(=O)O.[AlH3].[NaH]. The maximum atomic E-state index is 10.5. The van der Waals surface area contributed by atoms with Gasteiger partial charge in [0.2, 0.25) is 0 Å². The van der Waals surface area contributed by atoms with Gasteiger partial charge < -0.3 is 0 Å². The molecule has 0 heterocycles. The fourth-order valence-corrected chi connectivity index (χ4v) is 3.05. The molecule has 0 saturated heterocycles. The van der Waals surface area contributed by atoms with Crippen LogP contribution in [0.1, 0.15) is 96.8 Å². The van der Waals surface area contributed by atoms with E-state index in [2.05, 4.69) is 6.92 Å². The molecular weight excluding hydrogens is 322 g/mol. The molecule has 0 atom stereocenters. The summed E-state index contributed by atoms with van der Waals surface area (Å²) in [7, 11) is -3.74. The average Bonchev–Trinajstić information content (AvgIpc) is 2.38. The molecule has 0 unspecified atom stereocenters. The summed E-state index contributed by atoms with van der Waals surface area (Å²) in [5.41, 5.74) is 0. The first-order valence-electron chi connectivity index (χ1n) is 8.51. The summed E-state index contributed by atoms with van der Waals surface area (Å²) in [5.74, 6) is -0.0783. The van der Waals surface area contributed by atoms with Crippen LogP contribution in [0.4, 0.5) is 0 Å². The summed E-state index contributed by atoms with van der Waals surface area (Å²) >= 11 is 0. The van der Waals surface area contributed by atoms with E-state index < -0.39 is 10.1 Å². The van der Waals surface area contributed by atoms with Gasteiger partial charge in [0.15, 0.2) is 17.4 Å². The van der Waals surface area contributed by atoms with E-state index in [0.717, 1.165) is 12.8 Å². The van der Waals surface area contributed by atoms with Crippen LogP contribution in [0.2, 0.25) is 0 Å². The average molecular weight is 361 g/mol. The summed E-state index contributed by atoms with van der Waals surface area (Å²) in [6.45, 7) is 2.25. The second-order valence-electron chi connectivity index (χ2n) is 5.88. The predicted octanol–water partition coefficient (Wildman–Crippen LogP) is 3.52. The van der Waals surface area contributed by atoms with Crippen molar-refractivity contribution in [1.82, 2.24) is 0 Å². The van der Waals surface area contributed by atoms with Gasteiger partial charge in [0.05, 0.1) is 5.75 Å². The van der Waals surface area contributed by atoms with E-state index in [1.54, 1.807) is 0 Å². The molecule has 0 saturated carbocycles. The van der Waals surface area contributed by atoms with E-state index in [-0.39, 0.29) is 52.7 Å². The second-order valence-corrected chi connectivity index (χ2v) is 7.45. The molecule has 6 heteroatoms. The molecule has 0 radical (unpaired) electrons. The molecule has 0 amide bonds. The Hall–Kier alpha value is 1.44. The molecule has 0 fully saturated rings. The number of rotatable bonds is 15. The predicted molar refractivity (Wildman–Crippen MR) is 104 cm³/mol. The Morgan fingerprint density at radius 3 is 1.18 bits per heavy atom. The Balaban J connectivity index is -0.00000180. The third-order valence-electron chi connectivity index (χ3n) is 3.76. The van der Waals surface area contributed by atoms with E-state index in [1.807, 2.05) is 0 Å². The van der Waals surface area contributed by atoms with Gasteiger partial charge >= 0.3 is 29.6 Å². The summed E-state index contributed by atoms with van der Waals surface area (Å²) < 4.78 is 29.6. The van der Waals surface area contributed by atoms with Crippen molar-refractivity contribution in [2.75, 3.05) is 5.75 Å². The molecule has 0 aromatic heterocycles. The molecule has 0 aliphatic carbocycles. The van der Waals surface area contributed by atoms with Gasteiger partial charge in [0.1, 0.15) is 0 Å². The Kier molecular flexibility index (Phi) is 26.3. The number of hydrogen-bond acceptors (Lipinski definition) is 2. The van der Waals surface area contributed by atoms with Gasteiger partial charge in [-0.3, -0.25) is 4.55 Å². The van der Waals surface area contributed by atoms with E-state index in [9.17, 15) is 8.42 Å². The van der Waals surface area contributed by atoms with Crippen molar-refractivity contribution in [2.45, 2.75) is 96.8 Å². The van der Waals surface area contributed by atoms with Crippen LogP contribution in [0.25, 0.3) is 0 Å². The van der Waals surface area contributed by atoms with Gasteiger partial charge in [-0.1, -0.05) is 90.4 Å². The van der Waals surface area contributed by atoms with Crippen LogP contribution in [0.5, 0.6) is 0 Å². The molecule has 0 aromatic carbocycles. The first-order chi connectivity index (χ1) is 9.56. The fourth-order valence-electron chi connectivity index (χ4n) is 2.48. The van der Waals surface area contributed by atoms with Gasteiger partial charge in [0, 0.05) is 0 Å². The Morgan fingerprint density at radius 1 is 0.636 bits per heavy atom. The van der Waals surface area contributed by atoms with Crippen LogP contribution >= 0.6 is 0 Å². The Bertz CT molecular complexity index is 298. The molecule has 0 spiro atoms. The van der Waals surface area contributed by atoms with Crippen molar-refractivity contribution in [3.8, 4) is 0 Å². The fraction of sp³-hybridized carbons (Fsp3) is 1.00. The summed E-state index contributed by atoms with van der Waals surface area (Å²) in [6.07, 6.45) is 17.4. The quantitative estimate of drug-likeness (QED) is 0.276. The van der Waals surface area contributed by atoms with Crippen LogP contribution < -0.4 is 0 Å². The molecule has 0 rings (SSSR count). The Morgan fingerprint density at radius 2 is 0.909 bits per heavy atom. The number of hydrogen-bond donors (Lipinski definition) is 1. The van der Waals surface area contributed by atoms with Crippen LogP contribution in [-0.2, 0) is 10.1 Å². The number of unbranched alkanes of at least 4 members (excludes halogenated alkanes) is 13. The standard InChI is InChI=1S/C16H34O3S.Al.Na.4H/c1-2-3-4-5-6-7-8-9-10-11-12-13-14-15-16-20(17,18)19;;;;;;/h2-16H2,1H3,(H,17,18,19);;;;;;. The molecule has 130 valence electrons. The van der Waals surface area contributed by atoms with Crippen LogP contribution in [-0.4, -0.2) is 65.6 Å². The van der Waals surface area contributed by atoms with E-state index in [0.29, 0.717) is 6.42 Å². The molecule has 22 heavy (non-hydrogen) atoms.